The fourth-order valence-corrected chi connectivity index (χ4v) is 2.76. The molecule has 6 heteroatoms. The van der Waals surface area contributed by atoms with Crippen molar-refractivity contribution in [3.63, 3.8) is 0 Å². The lowest BCUT2D eigenvalue weighted by molar-refractivity contribution is 0.206. The standard InChI is InChI=1S/C16H28N4O.HI/c1-3-10-20-11-7-14(8-12-20)19-16(17-2)18-9-6-15-5-4-13-21-15;/h4-5,13-14H,3,6-12H2,1-2H3,(H2,17,18,19);1H. The van der Waals surface area contributed by atoms with E-state index in [0.29, 0.717) is 6.04 Å². The molecule has 1 aromatic heterocycles. The molecule has 0 bridgehead atoms. The summed E-state index contributed by atoms with van der Waals surface area (Å²) >= 11 is 0. The van der Waals surface area contributed by atoms with Crippen LogP contribution in [0.15, 0.2) is 27.8 Å². The lowest BCUT2D eigenvalue weighted by atomic mass is 10.1. The lowest BCUT2D eigenvalue weighted by Crippen LogP contribution is -2.49. The zero-order valence-corrected chi connectivity index (χ0v) is 16.0. The average Bonchev–Trinajstić information content (AvgIpc) is 3.01. The van der Waals surface area contributed by atoms with E-state index < -0.39 is 0 Å². The molecule has 0 radical (unpaired) electrons. The Hall–Kier alpha value is -0.760. The smallest absolute Gasteiger partial charge is 0.191 e. The van der Waals surface area contributed by atoms with Gasteiger partial charge in [0.15, 0.2) is 5.96 Å². The van der Waals surface area contributed by atoms with Crippen LogP contribution >= 0.6 is 24.0 Å². The molecule has 2 N–H and O–H groups in total. The molecule has 0 spiro atoms. The van der Waals surface area contributed by atoms with E-state index in [4.69, 9.17) is 4.42 Å². The third kappa shape index (κ3) is 6.56. The van der Waals surface area contributed by atoms with Crippen molar-refractivity contribution < 1.29 is 4.42 Å². The molecule has 0 aliphatic carbocycles. The van der Waals surface area contributed by atoms with E-state index in [1.807, 2.05) is 19.2 Å². The van der Waals surface area contributed by atoms with Crippen molar-refractivity contribution in [1.82, 2.24) is 15.5 Å². The maximum atomic E-state index is 5.33. The third-order valence-corrected chi connectivity index (χ3v) is 3.94. The molecule has 0 unspecified atom stereocenters. The molecule has 2 heterocycles. The van der Waals surface area contributed by atoms with Crippen LogP contribution < -0.4 is 10.6 Å². The van der Waals surface area contributed by atoms with E-state index >= 15 is 0 Å². The molecule has 1 fully saturated rings. The van der Waals surface area contributed by atoms with Gasteiger partial charge in [-0.05, 0) is 37.9 Å². The van der Waals surface area contributed by atoms with Gasteiger partial charge in [-0.3, -0.25) is 4.99 Å². The van der Waals surface area contributed by atoms with Gasteiger partial charge in [0.2, 0.25) is 0 Å². The number of likely N-dealkylation sites (tertiary alicyclic amines) is 1. The Morgan fingerprint density at radius 1 is 1.41 bits per heavy atom. The number of hydrogen-bond donors (Lipinski definition) is 2. The summed E-state index contributed by atoms with van der Waals surface area (Å²) in [7, 11) is 1.83. The number of nitrogens with zero attached hydrogens (tertiary/aromatic N) is 2. The van der Waals surface area contributed by atoms with E-state index in [-0.39, 0.29) is 24.0 Å². The van der Waals surface area contributed by atoms with Crippen molar-refractivity contribution in [3.8, 4) is 0 Å². The van der Waals surface area contributed by atoms with Crippen LogP contribution in [0.4, 0.5) is 0 Å². The highest BCUT2D eigenvalue weighted by Crippen LogP contribution is 2.10. The molecule has 126 valence electrons. The molecule has 2 rings (SSSR count). The zero-order chi connectivity index (χ0) is 14.9. The predicted molar refractivity (Wildman–Crippen MR) is 102 cm³/mol. The van der Waals surface area contributed by atoms with Gasteiger partial charge in [0.1, 0.15) is 5.76 Å². The molecular formula is C16H29IN4O. The third-order valence-electron chi connectivity index (χ3n) is 3.94. The van der Waals surface area contributed by atoms with Gasteiger partial charge >= 0.3 is 0 Å². The van der Waals surface area contributed by atoms with Crippen LogP contribution in [0.1, 0.15) is 31.9 Å². The quantitative estimate of drug-likeness (QED) is 0.422. The first kappa shape index (κ1) is 19.3. The van der Waals surface area contributed by atoms with Gasteiger partial charge in [0.25, 0.3) is 0 Å². The van der Waals surface area contributed by atoms with Crippen molar-refractivity contribution >= 4 is 29.9 Å². The minimum Gasteiger partial charge on any atom is -0.469 e. The van der Waals surface area contributed by atoms with Crippen LogP contribution in [0.25, 0.3) is 0 Å². The van der Waals surface area contributed by atoms with Crippen molar-refractivity contribution in [3.05, 3.63) is 24.2 Å². The average molecular weight is 420 g/mol. The van der Waals surface area contributed by atoms with E-state index in [9.17, 15) is 0 Å². The summed E-state index contributed by atoms with van der Waals surface area (Å²) in [6.07, 6.45) is 6.22. The summed E-state index contributed by atoms with van der Waals surface area (Å²) < 4.78 is 5.33. The van der Waals surface area contributed by atoms with Gasteiger partial charge in [-0.2, -0.15) is 0 Å². The summed E-state index contributed by atoms with van der Waals surface area (Å²) in [6.45, 7) is 6.68. The second-order valence-electron chi connectivity index (χ2n) is 5.59. The highest BCUT2D eigenvalue weighted by Gasteiger charge is 2.19. The summed E-state index contributed by atoms with van der Waals surface area (Å²) in [5.41, 5.74) is 0. The topological polar surface area (TPSA) is 52.8 Å². The van der Waals surface area contributed by atoms with Crippen LogP contribution in [0.3, 0.4) is 0 Å². The minimum atomic E-state index is 0. The summed E-state index contributed by atoms with van der Waals surface area (Å²) in [4.78, 5) is 6.85. The molecule has 0 atom stereocenters. The monoisotopic (exact) mass is 420 g/mol. The summed E-state index contributed by atoms with van der Waals surface area (Å²) in [6, 6.07) is 4.46. The maximum Gasteiger partial charge on any atom is 0.191 e. The number of halogens is 1. The molecule has 0 aromatic carbocycles. The van der Waals surface area contributed by atoms with E-state index in [1.54, 1.807) is 6.26 Å². The fourth-order valence-electron chi connectivity index (χ4n) is 2.76. The lowest BCUT2D eigenvalue weighted by Gasteiger charge is -2.32. The highest BCUT2D eigenvalue weighted by atomic mass is 127. The molecule has 0 saturated carbocycles. The molecule has 0 amide bonds. The second kappa shape index (κ2) is 10.9. The molecule has 1 aliphatic heterocycles. The normalized spacial score (nSPS) is 17.1. The van der Waals surface area contributed by atoms with Crippen molar-refractivity contribution in [2.45, 2.75) is 38.6 Å². The first-order valence-electron chi connectivity index (χ1n) is 8.03. The Balaban J connectivity index is 0.00000242. The Morgan fingerprint density at radius 3 is 2.77 bits per heavy atom. The van der Waals surface area contributed by atoms with Crippen molar-refractivity contribution in [2.75, 3.05) is 33.2 Å². The van der Waals surface area contributed by atoms with Gasteiger partial charge < -0.3 is 20.0 Å². The van der Waals surface area contributed by atoms with E-state index in [0.717, 1.165) is 24.7 Å². The largest absolute Gasteiger partial charge is 0.469 e. The van der Waals surface area contributed by atoms with Crippen LogP contribution in [0.2, 0.25) is 0 Å². The van der Waals surface area contributed by atoms with Gasteiger partial charge in [-0.1, -0.05) is 6.92 Å². The second-order valence-corrected chi connectivity index (χ2v) is 5.59. The first-order chi connectivity index (χ1) is 10.3. The summed E-state index contributed by atoms with van der Waals surface area (Å²) in [5, 5.41) is 6.89. The number of hydrogen-bond acceptors (Lipinski definition) is 3. The van der Waals surface area contributed by atoms with Crippen LogP contribution in [-0.4, -0.2) is 50.1 Å². The van der Waals surface area contributed by atoms with E-state index in [1.165, 1.54) is 38.9 Å². The Kier molecular flexibility index (Phi) is 9.54. The number of aliphatic imine (C=N–C) groups is 1. The molecule has 1 aliphatic rings. The minimum absolute atomic E-state index is 0. The number of furan rings is 1. The molecule has 1 saturated heterocycles. The molecule has 5 nitrogen and oxygen atoms in total. The van der Waals surface area contributed by atoms with Crippen LogP contribution in [0.5, 0.6) is 0 Å². The highest BCUT2D eigenvalue weighted by molar-refractivity contribution is 14.0. The zero-order valence-electron chi connectivity index (χ0n) is 13.7. The summed E-state index contributed by atoms with van der Waals surface area (Å²) in [5.74, 6) is 1.90. The van der Waals surface area contributed by atoms with Gasteiger partial charge in [0.05, 0.1) is 6.26 Å². The SMILES string of the molecule is CCCN1CCC(NC(=NC)NCCc2ccco2)CC1.I. The first-order valence-corrected chi connectivity index (χ1v) is 8.03. The fraction of sp³-hybridized carbons (Fsp3) is 0.688. The Bertz CT molecular complexity index is 414. The van der Waals surface area contributed by atoms with Crippen LogP contribution in [-0.2, 0) is 6.42 Å². The number of nitrogens with one attached hydrogen (secondary N) is 2. The van der Waals surface area contributed by atoms with E-state index in [2.05, 4.69) is 27.4 Å². The number of guanidine groups is 1. The Labute approximate surface area is 150 Å². The predicted octanol–water partition coefficient (Wildman–Crippen LogP) is 2.48. The molecular weight excluding hydrogens is 391 g/mol. The van der Waals surface area contributed by atoms with Crippen molar-refractivity contribution in [1.29, 1.82) is 0 Å². The molecule has 22 heavy (non-hydrogen) atoms. The number of rotatable bonds is 6. The van der Waals surface area contributed by atoms with Crippen molar-refractivity contribution in [2.24, 2.45) is 4.99 Å². The van der Waals surface area contributed by atoms with Gasteiger partial charge in [-0.25, -0.2) is 0 Å². The maximum absolute atomic E-state index is 5.33. The van der Waals surface area contributed by atoms with Gasteiger partial charge in [0, 0.05) is 39.1 Å². The van der Waals surface area contributed by atoms with Crippen LogP contribution in [0, 0.1) is 0 Å². The molecule has 1 aromatic rings. The number of piperidine rings is 1. The Morgan fingerprint density at radius 2 is 2.18 bits per heavy atom. The van der Waals surface area contributed by atoms with Gasteiger partial charge in [-0.15, -0.1) is 24.0 Å².